The van der Waals surface area contributed by atoms with Gasteiger partial charge >= 0.3 is 5.97 Å². The molecule has 1 fully saturated rings. The molecule has 2 N–H and O–H groups in total. The molecule has 24 heavy (non-hydrogen) atoms. The van der Waals surface area contributed by atoms with Gasteiger partial charge in [-0.25, -0.2) is 0 Å². The van der Waals surface area contributed by atoms with E-state index in [9.17, 15) is 14.4 Å². The molecule has 7 heteroatoms. The summed E-state index contributed by atoms with van der Waals surface area (Å²) >= 11 is 6.02. The van der Waals surface area contributed by atoms with Crippen molar-refractivity contribution < 1.29 is 19.5 Å². The van der Waals surface area contributed by atoms with Crippen molar-refractivity contribution in [3.05, 3.63) is 34.9 Å². The van der Waals surface area contributed by atoms with Gasteiger partial charge in [0.05, 0.1) is 16.5 Å². The lowest BCUT2D eigenvalue weighted by atomic mass is 10.0. The van der Waals surface area contributed by atoms with Crippen LogP contribution < -0.4 is 5.32 Å². The predicted octanol–water partition coefficient (Wildman–Crippen LogP) is 2.03. The number of carbonyl (C=O) groups excluding carboxylic acids is 2. The van der Waals surface area contributed by atoms with E-state index in [0.717, 1.165) is 0 Å². The highest BCUT2D eigenvalue weighted by Gasteiger charge is 2.35. The molecule has 1 aromatic rings. The average Bonchev–Trinajstić information content (AvgIpc) is 3.02. The smallest absolute Gasteiger partial charge is 0.308 e. The Kier molecular flexibility index (Phi) is 5.83. The van der Waals surface area contributed by atoms with Gasteiger partial charge in [0.15, 0.2) is 0 Å². The summed E-state index contributed by atoms with van der Waals surface area (Å²) in [5.41, 5.74) is 0.308. The average molecular weight is 353 g/mol. The monoisotopic (exact) mass is 352 g/mol. The minimum Gasteiger partial charge on any atom is -0.481 e. The molecule has 130 valence electrons. The van der Waals surface area contributed by atoms with Crippen LogP contribution in [0, 0.1) is 11.8 Å². The molecule has 2 unspecified atom stereocenters. The predicted molar refractivity (Wildman–Crippen MR) is 89.9 cm³/mol. The SMILES string of the molecule is CC(C)C(NC(=O)c1ccccc1Cl)C(=O)N1CCC(C(=O)O)C1. The van der Waals surface area contributed by atoms with Gasteiger partial charge in [-0.15, -0.1) is 0 Å². The van der Waals surface area contributed by atoms with E-state index in [0.29, 0.717) is 23.6 Å². The Morgan fingerprint density at radius 2 is 1.96 bits per heavy atom. The number of rotatable bonds is 5. The Hall–Kier alpha value is -2.08. The molecular formula is C17H21ClN2O4. The van der Waals surface area contributed by atoms with Gasteiger partial charge in [0.2, 0.25) is 5.91 Å². The maximum atomic E-state index is 12.7. The lowest BCUT2D eigenvalue weighted by Crippen LogP contribution is -2.50. The van der Waals surface area contributed by atoms with Crippen LogP contribution in [0.4, 0.5) is 0 Å². The number of aliphatic carboxylic acids is 1. The number of benzene rings is 1. The molecule has 2 amide bonds. The molecule has 0 spiro atoms. The maximum absolute atomic E-state index is 12.7. The third-order valence-electron chi connectivity index (χ3n) is 4.19. The molecule has 1 aliphatic heterocycles. The first-order valence-corrected chi connectivity index (χ1v) is 8.26. The fourth-order valence-corrected chi connectivity index (χ4v) is 2.96. The molecule has 1 aliphatic rings. The summed E-state index contributed by atoms with van der Waals surface area (Å²) in [7, 11) is 0. The minimum atomic E-state index is -0.897. The number of hydrogen-bond donors (Lipinski definition) is 2. The summed E-state index contributed by atoms with van der Waals surface area (Å²) in [5.74, 6) is -2.24. The molecule has 6 nitrogen and oxygen atoms in total. The highest BCUT2D eigenvalue weighted by molar-refractivity contribution is 6.33. The van der Waals surface area contributed by atoms with Crippen LogP contribution in [-0.4, -0.2) is 46.9 Å². The first kappa shape index (κ1) is 18.3. The fourth-order valence-electron chi connectivity index (χ4n) is 2.74. The molecular weight excluding hydrogens is 332 g/mol. The number of carbonyl (C=O) groups is 3. The van der Waals surface area contributed by atoms with Crippen LogP contribution in [0.25, 0.3) is 0 Å². The quantitative estimate of drug-likeness (QED) is 0.848. The van der Waals surface area contributed by atoms with Crippen LogP contribution in [0.2, 0.25) is 5.02 Å². The summed E-state index contributed by atoms with van der Waals surface area (Å²) < 4.78 is 0. The molecule has 1 heterocycles. The molecule has 1 saturated heterocycles. The first-order chi connectivity index (χ1) is 11.3. The Bertz CT molecular complexity index is 647. The van der Waals surface area contributed by atoms with Crippen molar-refractivity contribution in [3.8, 4) is 0 Å². The number of likely N-dealkylation sites (tertiary alicyclic amines) is 1. The Labute approximate surface area is 145 Å². The maximum Gasteiger partial charge on any atom is 0.308 e. The number of hydrogen-bond acceptors (Lipinski definition) is 3. The van der Waals surface area contributed by atoms with Gasteiger partial charge in [0, 0.05) is 13.1 Å². The van der Waals surface area contributed by atoms with Crippen molar-refractivity contribution in [2.75, 3.05) is 13.1 Å². The van der Waals surface area contributed by atoms with Crippen LogP contribution in [0.1, 0.15) is 30.6 Å². The van der Waals surface area contributed by atoms with E-state index in [-0.39, 0.29) is 18.4 Å². The zero-order chi connectivity index (χ0) is 17.9. The Morgan fingerprint density at radius 1 is 1.29 bits per heavy atom. The number of amides is 2. The molecule has 2 rings (SSSR count). The summed E-state index contributed by atoms with van der Waals surface area (Å²) in [6, 6.07) is 5.91. The summed E-state index contributed by atoms with van der Waals surface area (Å²) in [4.78, 5) is 37.7. The van der Waals surface area contributed by atoms with Crippen molar-refractivity contribution in [2.24, 2.45) is 11.8 Å². The fraction of sp³-hybridized carbons (Fsp3) is 0.471. The van der Waals surface area contributed by atoms with E-state index >= 15 is 0 Å². The molecule has 2 atom stereocenters. The van der Waals surface area contributed by atoms with E-state index < -0.39 is 23.8 Å². The highest BCUT2D eigenvalue weighted by Crippen LogP contribution is 2.20. The second-order valence-corrected chi connectivity index (χ2v) is 6.69. The third kappa shape index (κ3) is 4.06. The topological polar surface area (TPSA) is 86.7 Å². The van der Waals surface area contributed by atoms with Crippen LogP contribution in [0.15, 0.2) is 24.3 Å². The van der Waals surface area contributed by atoms with Gasteiger partial charge in [-0.2, -0.15) is 0 Å². The molecule has 0 saturated carbocycles. The van der Waals surface area contributed by atoms with E-state index in [4.69, 9.17) is 16.7 Å². The number of carboxylic acid groups (broad SMARTS) is 1. The van der Waals surface area contributed by atoms with E-state index in [2.05, 4.69) is 5.32 Å². The van der Waals surface area contributed by atoms with Gasteiger partial charge in [0.25, 0.3) is 5.91 Å². The lowest BCUT2D eigenvalue weighted by Gasteiger charge is -2.27. The molecule has 0 bridgehead atoms. The van der Waals surface area contributed by atoms with Crippen molar-refractivity contribution >= 4 is 29.4 Å². The van der Waals surface area contributed by atoms with Crippen LogP contribution in [-0.2, 0) is 9.59 Å². The molecule has 0 aromatic heterocycles. The van der Waals surface area contributed by atoms with Crippen molar-refractivity contribution in [1.82, 2.24) is 10.2 Å². The zero-order valence-corrected chi connectivity index (χ0v) is 14.4. The van der Waals surface area contributed by atoms with Gasteiger partial charge < -0.3 is 15.3 Å². The minimum absolute atomic E-state index is 0.132. The van der Waals surface area contributed by atoms with Crippen molar-refractivity contribution in [1.29, 1.82) is 0 Å². The summed E-state index contributed by atoms with van der Waals surface area (Å²) in [6.45, 7) is 4.24. The molecule has 0 aliphatic carbocycles. The Balaban J connectivity index is 2.10. The van der Waals surface area contributed by atoms with Crippen molar-refractivity contribution in [3.63, 3.8) is 0 Å². The normalized spacial score (nSPS) is 18.5. The summed E-state index contributed by atoms with van der Waals surface area (Å²) in [6.07, 6.45) is 0.435. The zero-order valence-electron chi connectivity index (χ0n) is 13.7. The van der Waals surface area contributed by atoms with E-state index in [1.54, 1.807) is 24.3 Å². The largest absolute Gasteiger partial charge is 0.481 e. The van der Waals surface area contributed by atoms with Gasteiger partial charge in [-0.1, -0.05) is 37.6 Å². The molecule has 1 aromatic carbocycles. The second-order valence-electron chi connectivity index (χ2n) is 6.28. The van der Waals surface area contributed by atoms with Crippen LogP contribution >= 0.6 is 11.6 Å². The highest BCUT2D eigenvalue weighted by atomic mass is 35.5. The summed E-state index contributed by atoms with van der Waals surface area (Å²) in [5, 5.41) is 12.1. The van der Waals surface area contributed by atoms with Crippen molar-refractivity contribution in [2.45, 2.75) is 26.3 Å². The number of carboxylic acids is 1. The Morgan fingerprint density at radius 3 is 2.50 bits per heavy atom. The number of halogens is 1. The number of nitrogens with one attached hydrogen (secondary N) is 1. The molecule has 0 radical (unpaired) electrons. The number of nitrogens with zero attached hydrogens (tertiary/aromatic N) is 1. The van der Waals surface area contributed by atoms with Gasteiger partial charge in [0.1, 0.15) is 6.04 Å². The second kappa shape index (κ2) is 7.66. The third-order valence-corrected chi connectivity index (χ3v) is 4.52. The van der Waals surface area contributed by atoms with E-state index in [1.807, 2.05) is 13.8 Å². The van der Waals surface area contributed by atoms with Gasteiger partial charge in [-0.05, 0) is 24.5 Å². The standard InChI is InChI=1S/C17H21ClN2O4/c1-10(2)14(16(22)20-8-7-11(9-20)17(23)24)19-15(21)12-5-3-4-6-13(12)18/h3-6,10-11,14H,7-9H2,1-2H3,(H,19,21)(H,23,24). The van der Waals surface area contributed by atoms with Crippen LogP contribution in [0.5, 0.6) is 0 Å². The first-order valence-electron chi connectivity index (χ1n) is 7.88. The lowest BCUT2D eigenvalue weighted by molar-refractivity contribution is -0.141. The van der Waals surface area contributed by atoms with Crippen LogP contribution in [0.3, 0.4) is 0 Å². The van der Waals surface area contributed by atoms with Gasteiger partial charge in [-0.3, -0.25) is 14.4 Å². The van der Waals surface area contributed by atoms with E-state index in [1.165, 1.54) is 4.90 Å².